The summed E-state index contributed by atoms with van der Waals surface area (Å²) in [6.07, 6.45) is 5.20. The van der Waals surface area contributed by atoms with E-state index in [0.717, 1.165) is 50.1 Å². The minimum atomic E-state index is -2.82. The van der Waals surface area contributed by atoms with Crippen LogP contribution in [0.3, 0.4) is 0 Å². The molecule has 5 nitrogen and oxygen atoms in total. The Morgan fingerprint density at radius 1 is 0.806 bits per heavy atom. The summed E-state index contributed by atoms with van der Waals surface area (Å²) in [5.41, 5.74) is 2.61. The van der Waals surface area contributed by atoms with E-state index in [2.05, 4.69) is 59.9 Å². The molecular weight excluding hydrogens is 409 g/mol. The van der Waals surface area contributed by atoms with E-state index >= 15 is 0 Å². The predicted octanol–water partition coefficient (Wildman–Crippen LogP) is 5.51. The highest BCUT2D eigenvalue weighted by atomic mass is 31.1. The van der Waals surface area contributed by atoms with Crippen LogP contribution < -0.4 is 10.1 Å². The summed E-state index contributed by atoms with van der Waals surface area (Å²) in [4.78, 5) is 8.67. The van der Waals surface area contributed by atoms with E-state index < -0.39 is 8.25 Å². The molecule has 0 radical (unpaired) electrons. The maximum Gasteiger partial charge on any atom is 0.316 e. The summed E-state index contributed by atoms with van der Waals surface area (Å²) < 4.78 is 21.4. The zero-order valence-corrected chi connectivity index (χ0v) is 18.9. The van der Waals surface area contributed by atoms with Crippen molar-refractivity contribution in [3.8, 4) is 5.75 Å². The van der Waals surface area contributed by atoms with Crippen molar-refractivity contribution in [2.75, 3.05) is 19.8 Å². The topological polar surface area (TPSA) is 67.8 Å². The number of unbranched alkanes of at least 4 members (excludes halogenated alkanes) is 2. The van der Waals surface area contributed by atoms with E-state index in [-0.39, 0.29) is 0 Å². The van der Waals surface area contributed by atoms with Crippen LogP contribution in [0.4, 0.5) is 0 Å². The van der Waals surface area contributed by atoms with Crippen molar-refractivity contribution in [1.82, 2.24) is 5.32 Å². The molecule has 166 valence electrons. The zero-order valence-electron chi connectivity index (χ0n) is 17.9. The largest absolute Gasteiger partial charge is 0.493 e. The summed E-state index contributed by atoms with van der Waals surface area (Å²) in [5.74, 6) is 0.934. The number of ether oxygens (including phenoxy) is 1. The minimum absolute atomic E-state index is 0.292. The van der Waals surface area contributed by atoms with Gasteiger partial charge in [-0.1, -0.05) is 60.7 Å². The molecule has 3 aromatic rings. The number of aryl methyl sites for hydroxylation is 1. The lowest BCUT2D eigenvalue weighted by molar-refractivity contribution is 0.276. The van der Waals surface area contributed by atoms with Gasteiger partial charge in [0.05, 0.1) is 13.2 Å². The molecule has 0 amide bonds. The van der Waals surface area contributed by atoms with Crippen LogP contribution in [0, 0.1) is 0 Å². The van der Waals surface area contributed by atoms with E-state index in [1.54, 1.807) is 0 Å². The second kappa shape index (κ2) is 13.3. The molecule has 0 aliphatic carbocycles. The predicted molar refractivity (Wildman–Crippen MR) is 127 cm³/mol. The average Bonchev–Trinajstić information content (AvgIpc) is 2.79. The van der Waals surface area contributed by atoms with E-state index in [9.17, 15) is 4.57 Å². The van der Waals surface area contributed by atoms with E-state index in [1.165, 1.54) is 22.9 Å². The van der Waals surface area contributed by atoms with Gasteiger partial charge in [-0.15, -0.1) is 0 Å². The molecule has 3 aromatic carbocycles. The molecule has 0 aliphatic heterocycles. The summed E-state index contributed by atoms with van der Waals surface area (Å²) >= 11 is 0. The summed E-state index contributed by atoms with van der Waals surface area (Å²) in [5, 5.41) is 5.69. The molecular formula is C25H32NO4P. The molecule has 0 aromatic heterocycles. The number of benzene rings is 3. The van der Waals surface area contributed by atoms with E-state index in [4.69, 9.17) is 14.2 Å². The Kier molecular flexibility index (Phi) is 10.1. The molecule has 6 heteroatoms. The quantitative estimate of drug-likeness (QED) is 0.255. The van der Waals surface area contributed by atoms with Gasteiger partial charge in [-0.2, -0.15) is 0 Å². The van der Waals surface area contributed by atoms with E-state index in [0.29, 0.717) is 13.0 Å². The van der Waals surface area contributed by atoms with Gasteiger partial charge in [0.25, 0.3) is 0 Å². The van der Waals surface area contributed by atoms with Gasteiger partial charge >= 0.3 is 8.25 Å². The van der Waals surface area contributed by atoms with Crippen molar-refractivity contribution in [3.05, 3.63) is 77.9 Å². The second-order valence-electron chi connectivity index (χ2n) is 7.56. The summed E-state index contributed by atoms with van der Waals surface area (Å²) in [6, 6.07) is 23.1. The molecule has 2 N–H and O–H groups in total. The Balaban J connectivity index is 1.44. The van der Waals surface area contributed by atoms with Crippen molar-refractivity contribution in [2.24, 2.45) is 0 Å². The maximum atomic E-state index is 10.5. The van der Waals surface area contributed by atoms with Crippen LogP contribution in [-0.2, 0) is 22.1 Å². The highest BCUT2D eigenvalue weighted by Crippen LogP contribution is 2.29. The molecule has 0 spiro atoms. The Morgan fingerprint density at radius 3 is 2.39 bits per heavy atom. The molecule has 1 unspecified atom stereocenters. The third-order valence-corrected chi connectivity index (χ3v) is 5.67. The van der Waals surface area contributed by atoms with Crippen molar-refractivity contribution in [3.63, 3.8) is 0 Å². The van der Waals surface area contributed by atoms with Crippen LogP contribution in [0.5, 0.6) is 5.75 Å². The van der Waals surface area contributed by atoms with Crippen molar-refractivity contribution < 1.29 is 18.7 Å². The fourth-order valence-corrected chi connectivity index (χ4v) is 3.95. The first-order valence-corrected chi connectivity index (χ1v) is 12.2. The van der Waals surface area contributed by atoms with Crippen LogP contribution in [0.15, 0.2) is 66.7 Å². The van der Waals surface area contributed by atoms with Gasteiger partial charge in [-0.05, 0) is 61.2 Å². The first-order valence-electron chi connectivity index (χ1n) is 11.0. The summed E-state index contributed by atoms with van der Waals surface area (Å²) in [6.45, 7) is 2.48. The van der Waals surface area contributed by atoms with Crippen LogP contribution in [0.25, 0.3) is 10.8 Å². The molecule has 0 fully saturated rings. The molecule has 3 rings (SSSR count). The van der Waals surface area contributed by atoms with Gasteiger partial charge in [0.15, 0.2) is 0 Å². The lowest BCUT2D eigenvalue weighted by atomic mass is 10.0. The van der Waals surface area contributed by atoms with Crippen molar-refractivity contribution >= 4 is 19.0 Å². The maximum absolute atomic E-state index is 10.5. The fourth-order valence-electron chi connectivity index (χ4n) is 3.63. The fraction of sp³-hybridized carbons (Fsp3) is 0.360. The lowest BCUT2D eigenvalue weighted by Gasteiger charge is -2.13. The Bertz CT molecular complexity index is 949. The van der Waals surface area contributed by atoms with Crippen LogP contribution in [-0.4, -0.2) is 24.7 Å². The number of nitrogens with one attached hydrogen (secondary N) is 1. The number of fused-ring (bicyclic) bond motifs is 1. The normalized spacial score (nSPS) is 12.2. The van der Waals surface area contributed by atoms with E-state index in [1.807, 2.05) is 12.1 Å². The molecule has 0 aliphatic rings. The average molecular weight is 442 g/mol. The molecule has 0 saturated heterocycles. The third kappa shape index (κ3) is 8.12. The molecule has 31 heavy (non-hydrogen) atoms. The highest BCUT2D eigenvalue weighted by molar-refractivity contribution is 7.32. The zero-order chi connectivity index (χ0) is 21.7. The first kappa shape index (κ1) is 23.5. The molecule has 1 atom stereocenters. The summed E-state index contributed by atoms with van der Waals surface area (Å²) in [7, 11) is -2.82. The standard InChI is InChI=1S/C25H32NO4P/c27-31(28)30-19-9-17-26-20-22-15-16-25(24-14-7-6-13-23(22)24)29-18-8-2-5-12-21-10-3-1-4-11-21/h1,3-4,6-7,10-11,13-16,26,31H,2,5,8-9,12,17-20H2,(H,27,28). The Labute approximate surface area is 185 Å². The molecule has 0 bridgehead atoms. The van der Waals surface area contributed by atoms with Gasteiger partial charge in [0.1, 0.15) is 5.75 Å². The highest BCUT2D eigenvalue weighted by Gasteiger charge is 2.07. The lowest BCUT2D eigenvalue weighted by Crippen LogP contribution is -2.16. The molecule has 0 heterocycles. The van der Waals surface area contributed by atoms with Gasteiger partial charge in [0.2, 0.25) is 0 Å². The molecule has 0 saturated carbocycles. The first-order chi connectivity index (χ1) is 15.2. The number of rotatable bonds is 14. The number of hydrogen-bond donors (Lipinski definition) is 2. The Morgan fingerprint density at radius 2 is 1.58 bits per heavy atom. The van der Waals surface area contributed by atoms with Gasteiger partial charge in [-0.25, -0.2) is 0 Å². The number of hydrogen-bond acceptors (Lipinski definition) is 4. The minimum Gasteiger partial charge on any atom is -0.493 e. The van der Waals surface area contributed by atoms with Gasteiger partial charge in [0, 0.05) is 11.9 Å². The van der Waals surface area contributed by atoms with Gasteiger partial charge < -0.3 is 19.5 Å². The van der Waals surface area contributed by atoms with Crippen molar-refractivity contribution in [2.45, 2.75) is 38.6 Å². The monoisotopic (exact) mass is 441 g/mol. The van der Waals surface area contributed by atoms with Crippen LogP contribution >= 0.6 is 8.25 Å². The van der Waals surface area contributed by atoms with Crippen LogP contribution in [0.2, 0.25) is 0 Å². The SMILES string of the molecule is O=[PH](O)OCCCNCc1ccc(OCCCCCc2ccccc2)c2ccccc12. The Hall–Kier alpha value is -2.17. The smallest absolute Gasteiger partial charge is 0.316 e. The van der Waals surface area contributed by atoms with Gasteiger partial charge in [-0.3, -0.25) is 4.57 Å². The van der Waals surface area contributed by atoms with Crippen molar-refractivity contribution in [1.29, 1.82) is 0 Å². The van der Waals surface area contributed by atoms with Crippen LogP contribution in [0.1, 0.15) is 36.8 Å². The third-order valence-electron chi connectivity index (χ3n) is 5.22. The second-order valence-corrected chi connectivity index (χ2v) is 8.38.